The number of aromatic nitrogens is 4. The molecule has 0 aliphatic carbocycles. The molecule has 8 heteroatoms. The van der Waals surface area contributed by atoms with Crippen molar-refractivity contribution in [2.45, 2.75) is 6.42 Å². The number of aryl methyl sites for hydroxylation is 1. The largest absolute Gasteiger partial charge is 0.492 e. The van der Waals surface area contributed by atoms with Crippen molar-refractivity contribution in [3.05, 3.63) is 42.4 Å². The van der Waals surface area contributed by atoms with Crippen molar-refractivity contribution in [3.8, 4) is 5.75 Å². The fraction of sp³-hybridized carbons (Fsp3) is 0.400. The third-order valence-electron chi connectivity index (χ3n) is 5.63. The van der Waals surface area contributed by atoms with Crippen molar-refractivity contribution < 1.29 is 9.53 Å². The lowest BCUT2D eigenvalue weighted by atomic mass is 9.95. The van der Waals surface area contributed by atoms with Gasteiger partial charge in [0, 0.05) is 33.2 Å². The van der Waals surface area contributed by atoms with E-state index >= 15 is 0 Å². The molecule has 1 saturated heterocycles. The summed E-state index contributed by atoms with van der Waals surface area (Å²) in [4.78, 5) is 25.9. The molecule has 28 heavy (non-hydrogen) atoms. The van der Waals surface area contributed by atoms with Crippen LogP contribution in [-0.2, 0) is 18.3 Å². The molecule has 2 aromatic heterocycles. The highest BCUT2D eigenvalue weighted by Crippen LogP contribution is 2.28. The van der Waals surface area contributed by atoms with E-state index in [9.17, 15) is 4.79 Å². The van der Waals surface area contributed by atoms with Gasteiger partial charge in [0.2, 0.25) is 5.91 Å². The second-order valence-electron chi connectivity index (χ2n) is 7.33. The Morgan fingerprint density at radius 1 is 1.14 bits per heavy atom. The van der Waals surface area contributed by atoms with Crippen molar-refractivity contribution in [1.82, 2.24) is 24.6 Å². The minimum atomic E-state index is -0.106. The smallest absolute Gasteiger partial charge is 0.229 e. The first-order valence-corrected chi connectivity index (χ1v) is 9.58. The highest BCUT2D eigenvalue weighted by Gasteiger charge is 2.31. The average molecular weight is 378 g/mol. The second-order valence-corrected chi connectivity index (χ2v) is 7.33. The van der Waals surface area contributed by atoms with Gasteiger partial charge in [0.1, 0.15) is 24.5 Å². The molecular weight excluding hydrogens is 356 g/mol. The summed E-state index contributed by atoms with van der Waals surface area (Å²) in [5, 5.41) is 5.23. The summed E-state index contributed by atoms with van der Waals surface area (Å²) in [5.41, 5.74) is 1.94. The van der Waals surface area contributed by atoms with E-state index < -0.39 is 0 Å². The first kappa shape index (κ1) is 17.0. The summed E-state index contributed by atoms with van der Waals surface area (Å²) < 4.78 is 7.56. The number of piperazine rings is 1. The predicted octanol–water partition coefficient (Wildman–Crippen LogP) is 1.26. The molecular formula is C20H22N6O2. The molecule has 1 atom stereocenters. The number of benzene rings is 1. The summed E-state index contributed by atoms with van der Waals surface area (Å²) in [5.74, 6) is 1.87. The maximum absolute atomic E-state index is 13.0. The lowest BCUT2D eigenvalue weighted by Crippen LogP contribution is -2.52. The van der Waals surface area contributed by atoms with Crippen molar-refractivity contribution in [1.29, 1.82) is 0 Å². The van der Waals surface area contributed by atoms with Gasteiger partial charge in [0.15, 0.2) is 5.65 Å². The monoisotopic (exact) mass is 378 g/mol. The Morgan fingerprint density at radius 2 is 1.96 bits per heavy atom. The Hall–Kier alpha value is -3.16. The number of ether oxygens (including phenoxy) is 1. The number of para-hydroxylation sites is 1. The fourth-order valence-corrected chi connectivity index (χ4v) is 4.09. The topological polar surface area (TPSA) is 76.4 Å². The average Bonchev–Trinajstić information content (AvgIpc) is 3.14. The third-order valence-corrected chi connectivity index (χ3v) is 5.63. The zero-order valence-electron chi connectivity index (χ0n) is 15.8. The summed E-state index contributed by atoms with van der Waals surface area (Å²) in [6, 6.07) is 7.97. The molecule has 1 amide bonds. The van der Waals surface area contributed by atoms with Crippen molar-refractivity contribution in [2.24, 2.45) is 13.0 Å². The van der Waals surface area contributed by atoms with E-state index in [4.69, 9.17) is 4.74 Å². The normalized spacial score (nSPS) is 19.4. The highest BCUT2D eigenvalue weighted by atomic mass is 16.5. The van der Waals surface area contributed by atoms with E-state index in [1.165, 1.54) is 0 Å². The maximum atomic E-state index is 13.0. The predicted molar refractivity (Wildman–Crippen MR) is 104 cm³/mol. The van der Waals surface area contributed by atoms with Gasteiger partial charge < -0.3 is 14.5 Å². The van der Waals surface area contributed by atoms with E-state index in [0.29, 0.717) is 19.7 Å². The summed E-state index contributed by atoms with van der Waals surface area (Å²) in [7, 11) is 1.88. The van der Waals surface area contributed by atoms with Gasteiger partial charge in [-0.1, -0.05) is 18.2 Å². The van der Waals surface area contributed by atoms with Crippen LogP contribution in [0.2, 0.25) is 0 Å². The Labute approximate surface area is 162 Å². The second kappa shape index (κ2) is 6.78. The summed E-state index contributed by atoms with van der Waals surface area (Å²) in [6.07, 6.45) is 4.13. The number of nitrogens with zero attached hydrogens (tertiary/aromatic N) is 6. The molecule has 0 radical (unpaired) electrons. The van der Waals surface area contributed by atoms with Crippen LogP contribution in [0.4, 0.5) is 5.82 Å². The van der Waals surface area contributed by atoms with E-state index in [1.54, 1.807) is 17.2 Å². The number of carbonyl (C=O) groups is 1. The quantitative estimate of drug-likeness (QED) is 0.668. The minimum Gasteiger partial charge on any atom is -0.492 e. The van der Waals surface area contributed by atoms with Gasteiger partial charge in [-0.05, 0) is 18.1 Å². The molecule has 1 aromatic carbocycles. The Bertz CT molecular complexity index is 1020. The number of amides is 1. The van der Waals surface area contributed by atoms with Gasteiger partial charge in [-0.25, -0.2) is 9.97 Å². The van der Waals surface area contributed by atoms with Crippen LogP contribution in [0.25, 0.3) is 11.0 Å². The molecule has 1 unspecified atom stereocenters. The molecule has 0 spiro atoms. The van der Waals surface area contributed by atoms with E-state index in [1.807, 2.05) is 36.2 Å². The molecule has 0 bridgehead atoms. The van der Waals surface area contributed by atoms with Crippen LogP contribution in [0.3, 0.4) is 0 Å². The van der Waals surface area contributed by atoms with E-state index in [2.05, 4.69) is 20.0 Å². The Morgan fingerprint density at radius 3 is 2.82 bits per heavy atom. The van der Waals surface area contributed by atoms with Gasteiger partial charge in [-0.15, -0.1) is 0 Å². The van der Waals surface area contributed by atoms with Crippen molar-refractivity contribution in [2.75, 3.05) is 37.7 Å². The van der Waals surface area contributed by atoms with Gasteiger partial charge >= 0.3 is 0 Å². The van der Waals surface area contributed by atoms with Crippen molar-refractivity contribution >= 4 is 22.8 Å². The van der Waals surface area contributed by atoms with Gasteiger partial charge in [-0.2, -0.15) is 5.10 Å². The lowest BCUT2D eigenvalue weighted by molar-refractivity contribution is -0.137. The van der Waals surface area contributed by atoms with Gasteiger partial charge in [-0.3, -0.25) is 9.48 Å². The standard InChI is InChI=1S/C20H22N6O2/c1-24-18-16(11-23-24)19(22-13-21-18)25-6-8-26(9-7-25)20(27)15-10-14-4-2-3-5-17(14)28-12-15/h2-5,11,13,15H,6-10,12H2,1H3. The molecule has 5 rings (SSSR count). The Kier molecular flexibility index (Phi) is 4.11. The van der Waals surface area contributed by atoms with E-state index in [-0.39, 0.29) is 11.8 Å². The first-order valence-electron chi connectivity index (χ1n) is 9.58. The molecule has 4 heterocycles. The number of rotatable bonds is 2. The molecule has 0 N–H and O–H groups in total. The summed E-state index contributed by atoms with van der Waals surface area (Å²) in [6.45, 7) is 3.32. The zero-order valence-corrected chi connectivity index (χ0v) is 15.8. The first-order chi connectivity index (χ1) is 13.7. The number of anilines is 1. The van der Waals surface area contributed by atoms with Crippen LogP contribution in [0.5, 0.6) is 5.75 Å². The Balaban J connectivity index is 1.26. The molecule has 8 nitrogen and oxygen atoms in total. The minimum absolute atomic E-state index is 0.106. The molecule has 144 valence electrons. The van der Waals surface area contributed by atoms with Crippen LogP contribution in [-0.4, -0.2) is 63.3 Å². The maximum Gasteiger partial charge on any atom is 0.229 e. The van der Waals surface area contributed by atoms with Gasteiger partial charge in [0.05, 0.1) is 17.5 Å². The highest BCUT2D eigenvalue weighted by molar-refractivity contribution is 5.87. The van der Waals surface area contributed by atoms with Crippen LogP contribution < -0.4 is 9.64 Å². The van der Waals surface area contributed by atoms with Crippen molar-refractivity contribution in [3.63, 3.8) is 0 Å². The molecule has 0 saturated carbocycles. The number of fused-ring (bicyclic) bond motifs is 2. The molecule has 1 fully saturated rings. The molecule has 2 aliphatic rings. The van der Waals surface area contributed by atoms with E-state index in [0.717, 1.165) is 47.7 Å². The number of hydrogen-bond donors (Lipinski definition) is 0. The SMILES string of the molecule is Cn1ncc2c(N3CCN(C(=O)C4COc5ccccc5C4)CC3)ncnc21. The molecule has 3 aromatic rings. The van der Waals surface area contributed by atoms with Crippen LogP contribution in [0, 0.1) is 5.92 Å². The van der Waals surface area contributed by atoms with Crippen LogP contribution >= 0.6 is 0 Å². The molecule has 2 aliphatic heterocycles. The summed E-state index contributed by atoms with van der Waals surface area (Å²) >= 11 is 0. The van der Waals surface area contributed by atoms with Gasteiger partial charge in [0.25, 0.3) is 0 Å². The third kappa shape index (κ3) is 2.85. The zero-order chi connectivity index (χ0) is 19.1. The number of hydrogen-bond acceptors (Lipinski definition) is 6. The number of carbonyl (C=O) groups excluding carboxylic acids is 1. The lowest BCUT2D eigenvalue weighted by Gasteiger charge is -2.37. The van der Waals surface area contributed by atoms with Crippen LogP contribution in [0.15, 0.2) is 36.8 Å². The van der Waals surface area contributed by atoms with Crippen LogP contribution in [0.1, 0.15) is 5.56 Å². The fourth-order valence-electron chi connectivity index (χ4n) is 4.09.